The minimum absolute atomic E-state index is 0.763. The van der Waals surface area contributed by atoms with Crippen molar-refractivity contribution in [2.24, 2.45) is 0 Å². The van der Waals surface area contributed by atoms with Gasteiger partial charge in [0.05, 0.1) is 0 Å². The van der Waals surface area contributed by atoms with Gasteiger partial charge in [0.1, 0.15) is 6.29 Å². The molecule has 0 saturated carbocycles. The van der Waals surface area contributed by atoms with E-state index in [1.54, 1.807) is 0 Å². The molecule has 1 aromatic rings. The fraction of sp³-hybridized carbons (Fsp3) is 0.562. The smallest absolute Gasteiger partial charge is 0.150 e. The fourth-order valence-corrected chi connectivity index (χ4v) is 2.17. The van der Waals surface area contributed by atoms with Gasteiger partial charge in [-0.25, -0.2) is 0 Å². The van der Waals surface area contributed by atoms with Crippen LogP contribution in [0.25, 0.3) is 0 Å². The summed E-state index contributed by atoms with van der Waals surface area (Å²) in [6, 6.07) is 7.93. The van der Waals surface area contributed by atoms with Crippen LogP contribution in [-0.4, -0.2) is 30.8 Å². The van der Waals surface area contributed by atoms with Crippen LogP contribution in [0.1, 0.15) is 49.0 Å². The average molecular weight is 247 g/mol. The lowest BCUT2D eigenvalue weighted by Crippen LogP contribution is -2.25. The molecule has 0 saturated heterocycles. The predicted octanol–water partition coefficient (Wildman–Crippen LogP) is 3.55. The Balaban J connectivity index is 2.22. The number of carbonyl (C=O) groups excluding carboxylic acids is 1. The first-order valence-corrected chi connectivity index (χ1v) is 7.06. The monoisotopic (exact) mass is 247 g/mol. The highest BCUT2D eigenvalue weighted by molar-refractivity contribution is 5.74. The lowest BCUT2D eigenvalue weighted by molar-refractivity contribution is 0.112. The van der Waals surface area contributed by atoms with Crippen molar-refractivity contribution in [3.8, 4) is 0 Å². The first kappa shape index (κ1) is 14.9. The Morgan fingerprint density at radius 2 is 1.78 bits per heavy atom. The zero-order chi connectivity index (χ0) is 13.2. The molecule has 0 aliphatic heterocycles. The van der Waals surface area contributed by atoms with Gasteiger partial charge in [-0.2, -0.15) is 0 Å². The van der Waals surface area contributed by atoms with E-state index < -0.39 is 0 Å². The van der Waals surface area contributed by atoms with Crippen molar-refractivity contribution in [2.45, 2.75) is 39.5 Å². The van der Waals surface area contributed by atoms with Gasteiger partial charge in [-0.15, -0.1) is 0 Å². The van der Waals surface area contributed by atoms with E-state index in [0.29, 0.717) is 0 Å². The lowest BCUT2D eigenvalue weighted by Gasteiger charge is -2.19. The fourth-order valence-electron chi connectivity index (χ4n) is 2.17. The lowest BCUT2D eigenvalue weighted by atomic mass is 10.1. The van der Waals surface area contributed by atoms with Crippen LogP contribution in [0.4, 0.5) is 0 Å². The molecule has 0 spiro atoms. The van der Waals surface area contributed by atoms with Gasteiger partial charge in [-0.1, -0.05) is 38.1 Å². The summed E-state index contributed by atoms with van der Waals surface area (Å²) in [5.74, 6) is 0. The number of aldehydes is 1. The van der Waals surface area contributed by atoms with Crippen molar-refractivity contribution in [3.05, 3.63) is 35.4 Å². The van der Waals surface area contributed by atoms with Crippen molar-refractivity contribution < 1.29 is 4.79 Å². The van der Waals surface area contributed by atoms with E-state index in [-0.39, 0.29) is 0 Å². The minimum atomic E-state index is 0.763. The highest BCUT2D eigenvalue weighted by atomic mass is 16.1. The van der Waals surface area contributed by atoms with Crippen LogP contribution >= 0.6 is 0 Å². The number of hydrogen-bond acceptors (Lipinski definition) is 2. The molecule has 0 aliphatic carbocycles. The Morgan fingerprint density at radius 1 is 1.06 bits per heavy atom. The minimum Gasteiger partial charge on any atom is -0.304 e. The molecule has 0 radical (unpaired) electrons. The number of aryl methyl sites for hydroxylation is 1. The highest BCUT2D eigenvalue weighted by Gasteiger charge is 2.00. The van der Waals surface area contributed by atoms with Crippen LogP contribution in [0.5, 0.6) is 0 Å². The Morgan fingerprint density at radius 3 is 2.33 bits per heavy atom. The normalized spacial score (nSPS) is 10.8. The number of benzene rings is 1. The van der Waals surface area contributed by atoms with Gasteiger partial charge in [0.15, 0.2) is 0 Å². The summed E-state index contributed by atoms with van der Waals surface area (Å²) in [6.45, 7) is 8.04. The number of rotatable bonds is 9. The van der Waals surface area contributed by atoms with E-state index in [0.717, 1.165) is 24.8 Å². The van der Waals surface area contributed by atoms with Gasteiger partial charge in [-0.05, 0) is 50.9 Å². The Labute approximate surface area is 111 Å². The molecule has 0 heterocycles. The molecule has 0 unspecified atom stereocenters. The van der Waals surface area contributed by atoms with Gasteiger partial charge in [0.25, 0.3) is 0 Å². The molecule has 0 bridgehead atoms. The zero-order valence-corrected chi connectivity index (χ0v) is 11.7. The summed E-state index contributed by atoms with van der Waals surface area (Å²) in [5, 5.41) is 0. The third kappa shape index (κ3) is 5.46. The van der Waals surface area contributed by atoms with Crippen LogP contribution in [0.2, 0.25) is 0 Å². The molecular weight excluding hydrogens is 222 g/mol. The maximum atomic E-state index is 10.5. The standard InChI is InChI=1S/C16H25NO/c1-3-12-17(4-2)13-6-5-7-15-8-10-16(14-18)11-9-15/h8-11,14H,3-7,12-13H2,1-2H3. The molecule has 2 nitrogen and oxygen atoms in total. The molecular formula is C16H25NO. The van der Waals surface area contributed by atoms with E-state index in [1.165, 1.54) is 37.9 Å². The number of nitrogens with zero attached hydrogens (tertiary/aromatic N) is 1. The summed E-state index contributed by atoms with van der Waals surface area (Å²) in [6.07, 6.45) is 5.72. The summed E-state index contributed by atoms with van der Waals surface area (Å²) >= 11 is 0. The number of hydrogen-bond donors (Lipinski definition) is 0. The third-order valence-electron chi connectivity index (χ3n) is 3.29. The van der Waals surface area contributed by atoms with Crippen LogP contribution in [0.3, 0.4) is 0 Å². The van der Waals surface area contributed by atoms with Crippen molar-refractivity contribution in [1.29, 1.82) is 0 Å². The maximum absolute atomic E-state index is 10.5. The van der Waals surface area contributed by atoms with Gasteiger partial charge >= 0.3 is 0 Å². The summed E-state index contributed by atoms with van der Waals surface area (Å²) in [7, 11) is 0. The largest absolute Gasteiger partial charge is 0.304 e. The molecule has 18 heavy (non-hydrogen) atoms. The van der Waals surface area contributed by atoms with E-state index >= 15 is 0 Å². The van der Waals surface area contributed by atoms with E-state index in [9.17, 15) is 4.79 Å². The summed E-state index contributed by atoms with van der Waals surface area (Å²) in [5.41, 5.74) is 2.10. The first-order valence-electron chi connectivity index (χ1n) is 7.06. The van der Waals surface area contributed by atoms with E-state index in [4.69, 9.17) is 0 Å². The molecule has 0 N–H and O–H groups in total. The van der Waals surface area contributed by atoms with Crippen LogP contribution in [-0.2, 0) is 6.42 Å². The van der Waals surface area contributed by atoms with Crippen LogP contribution in [0, 0.1) is 0 Å². The van der Waals surface area contributed by atoms with E-state index in [1.807, 2.05) is 12.1 Å². The molecule has 100 valence electrons. The topological polar surface area (TPSA) is 20.3 Å². The molecule has 0 aromatic heterocycles. The second-order valence-electron chi connectivity index (χ2n) is 4.75. The van der Waals surface area contributed by atoms with Gasteiger partial charge in [0.2, 0.25) is 0 Å². The predicted molar refractivity (Wildman–Crippen MR) is 77.2 cm³/mol. The van der Waals surface area contributed by atoms with Gasteiger partial charge in [0, 0.05) is 5.56 Å². The first-order chi connectivity index (χ1) is 8.80. The van der Waals surface area contributed by atoms with Gasteiger partial charge in [-0.3, -0.25) is 4.79 Å². The van der Waals surface area contributed by atoms with Crippen molar-refractivity contribution in [3.63, 3.8) is 0 Å². The maximum Gasteiger partial charge on any atom is 0.150 e. The summed E-state index contributed by atoms with van der Waals surface area (Å²) < 4.78 is 0. The van der Waals surface area contributed by atoms with Gasteiger partial charge < -0.3 is 4.90 Å². The van der Waals surface area contributed by atoms with E-state index in [2.05, 4.69) is 30.9 Å². The second kappa shape index (κ2) is 8.87. The SMILES string of the molecule is CCCN(CC)CCCCc1ccc(C=O)cc1. The Kier molecular flexibility index (Phi) is 7.35. The molecule has 0 fully saturated rings. The number of carbonyl (C=O) groups is 1. The molecule has 1 aromatic carbocycles. The molecule has 0 aliphatic rings. The molecule has 0 atom stereocenters. The third-order valence-corrected chi connectivity index (χ3v) is 3.29. The summed E-state index contributed by atoms with van der Waals surface area (Å²) in [4.78, 5) is 13.1. The Hall–Kier alpha value is -1.15. The van der Waals surface area contributed by atoms with Crippen LogP contribution in [0.15, 0.2) is 24.3 Å². The van der Waals surface area contributed by atoms with Crippen molar-refractivity contribution in [2.75, 3.05) is 19.6 Å². The zero-order valence-electron chi connectivity index (χ0n) is 11.7. The molecule has 2 heteroatoms. The Bertz CT molecular complexity index is 331. The van der Waals surface area contributed by atoms with Crippen molar-refractivity contribution >= 4 is 6.29 Å². The number of unbranched alkanes of at least 4 members (excludes halogenated alkanes) is 1. The van der Waals surface area contributed by atoms with Crippen LogP contribution < -0.4 is 0 Å². The molecule has 0 amide bonds. The highest BCUT2D eigenvalue weighted by Crippen LogP contribution is 2.07. The van der Waals surface area contributed by atoms with Crippen molar-refractivity contribution in [1.82, 2.24) is 4.90 Å². The quantitative estimate of drug-likeness (QED) is 0.491. The average Bonchev–Trinajstić information content (AvgIpc) is 2.43. The molecule has 1 rings (SSSR count). The second-order valence-corrected chi connectivity index (χ2v) is 4.75.